The van der Waals surface area contributed by atoms with E-state index in [0.717, 1.165) is 12.1 Å². The van der Waals surface area contributed by atoms with Gasteiger partial charge in [0, 0.05) is 56.8 Å². The lowest BCUT2D eigenvalue weighted by Crippen LogP contribution is -2.47. The van der Waals surface area contributed by atoms with Crippen molar-refractivity contribution in [2.45, 2.75) is 6.42 Å². The molecule has 3 rings (SSSR count). The fourth-order valence-corrected chi connectivity index (χ4v) is 3.01. The molecular weight excluding hydrogens is 326 g/mol. The van der Waals surface area contributed by atoms with Crippen LogP contribution < -0.4 is 4.90 Å². The minimum atomic E-state index is -0.827. The minimum absolute atomic E-state index is 0.106. The molecule has 1 saturated heterocycles. The van der Waals surface area contributed by atoms with Crippen molar-refractivity contribution in [3.8, 4) is 5.75 Å². The maximum absolute atomic E-state index is 13.9. The van der Waals surface area contributed by atoms with Gasteiger partial charge in [0.15, 0.2) is 17.3 Å². The number of benzene rings is 2. The van der Waals surface area contributed by atoms with Crippen LogP contribution in [0.4, 0.5) is 14.5 Å². The number of carbonyl (C=O) groups is 1. The number of carbonyl (C=O) groups excluding carboxylic acids is 1. The molecule has 0 bridgehead atoms. The van der Waals surface area contributed by atoms with E-state index in [1.807, 2.05) is 30.3 Å². The van der Waals surface area contributed by atoms with Crippen LogP contribution in [0.2, 0.25) is 0 Å². The number of phenols is 1. The Morgan fingerprint density at radius 2 is 1.68 bits per heavy atom. The number of rotatable bonds is 5. The van der Waals surface area contributed by atoms with Gasteiger partial charge in [0.05, 0.1) is 5.69 Å². The Bertz CT molecular complexity index is 745. The van der Waals surface area contributed by atoms with Gasteiger partial charge in [-0.05, 0) is 0 Å². The lowest BCUT2D eigenvalue weighted by atomic mass is 10.1. The SMILES string of the molecule is O=C(CCN1CCN(c2cc(F)c(O)cc2F)CC1)c1ccccc1. The summed E-state index contributed by atoms with van der Waals surface area (Å²) in [5.74, 6) is -2.03. The number of phenolic OH excluding ortho intramolecular Hbond substituents is 1. The molecule has 0 saturated carbocycles. The first-order chi connectivity index (χ1) is 12.0. The predicted molar refractivity (Wildman–Crippen MR) is 92.1 cm³/mol. The molecule has 1 heterocycles. The summed E-state index contributed by atoms with van der Waals surface area (Å²) < 4.78 is 27.4. The van der Waals surface area contributed by atoms with Gasteiger partial charge in [-0.2, -0.15) is 0 Å². The summed E-state index contributed by atoms with van der Waals surface area (Å²) in [6.45, 7) is 3.07. The highest BCUT2D eigenvalue weighted by Crippen LogP contribution is 2.27. The number of hydrogen-bond donors (Lipinski definition) is 1. The van der Waals surface area contributed by atoms with Crippen LogP contribution in [0.15, 0.2) is 42.5 Å². The second kappa shape index (κ2) is 7.61. The predicted octanol–water partition coefficient (Wildman–Crippen LogP) is 3.07. The normalized spacial score (nSPS) is 15.4. The van der Waals surface area contributed by atoms with Crippen molar-refractivity contribution in [3.05, 3.63) is 59.7 Å². The molecule has 0 spiro atoms. The van der Waals surface area contributed by atoms with Crippen molar-refractivity contribution < 1.29 is 18.7 Å². The van der Waals surface area contributed by atoms with Crippen molar-refractivity contribution in [3.63, 3.8) is 0 Å². The van der Waals surface area contributed by atoms with Crippen LogP contribution in [0.25, 0.3) is 0 Å². The first kappa shape index (κ1) is 17.4. The molecular formula is C19H20F2N2O2. The molecule has 0 aromatic heterocycles. The lowest BCUT2D eigenvalue weighted by molar-refractivity contribution is 0.0962. The van der Waals surface area contributed by atoms with Gasteiger partial charge >= 0.3 is 0 Å². The molecule has 25 heavy (non-hydrogen) atoms. The van der Waals surface area contributed by atoms with E-state index in [0.29, 0.717) is 44.7 Å². The third-order valence-electron chi connectivity index (χ3n) is 4.48. The zero-order valence-electron chi connectivity index (χ0n) is 13.8. The maximum Gasteiger partial charge on any atom is 0.167 e. The number of anilines is 1. The Morgan fingerprint density at radius 3 is 2.36 bits per heavy atom. The summed E-state index contributed by atoms with van der Waals surface area (Å²) in [4.78, 5) is 16.0. The number of hydrogen-bond acceptors (Lipinski definition) is 4. The van der Waals surface area contributed by atoms with Crippen LogP contribution in [0.5, 0.6) is 5.75 Å². The molecule has 4 nitrogen and oxygen atoms in total. The molecule has 1 aliphatic rings. The van der Waals surface area contributed by atoms with Gasteiger partial charge in [-0.25, -0.2) is 8.78 Å². The van der Waals surface area contributed by atoms with Crippen LogP contribution in [0.1, 0.15) is 16.8 Å². The first-order valence-electron chi connectivity index (χ1n) is 8.28. The number of nitrogens with zero attached hydrogens (tertiary/aromatic N) is 2. The molecule has 0 aliphatic carbocycles. The van der Waals surface area contributed by atoms with E-state index in [9.17, 15) is 18.7 Å². The zero-order chi connectivity index (χ0) is 17.8. The van der Waals surface area contributed by atoms with Crippen molar-refractivity contribution in [2.24, 2.45) is 0 Å². The third kappa shape index (κ3) is 4.14. The van der Waals surface area contributed by atoms with Gasteiger partial charge in [-0.3, -0.25) is 9.69 Å². The minimum Gasteiger partial charge on any atom is -0.505 e. The van der Waals surface area contributed by atoms with E-state index in [4.69, 9.17) is 0 Å². The monoisotopic (exact) mass is 346 g/mol. The van der Waals surface area contributed by atoms with Crippen LogP contribution in [0.3, 0.4) is 0 Å². The number of aromatic hydroxyl groups is 1. The molecule has 1 fully saturated rings. The third-order valence-corrected chi connectivity index (χ3v) is 4.48. The highest BCUT2D eigenvalue weighted by atomic mass is 19.1. The first-order valence-corrected chi connectivity index (χ1v) is 8.28. The zero-order valence-corrected chi connectivity index (χ0v) is 13.8. The summed E-state index contributed by atoms with van der Waals surface area (Å²) >= 11 is 0. The molecule has 0 atom stereocenters. The Balaban J connectivity index is 1.52. The van der Waals surface area contributed by atoms with Crippen molar-refractivity contribution in [1.29, 1.82) is 0 Å². The van der Waals surface area contributed by atoms with E-state index in [1.165, 1.54) is 0 Å². The molecule has 2 aromatic rings. The molecule has 1 N–H and O–H groups in total. The topological polar surface area (TPSA) is 43.8 Å². The van der Waals surface area contributed by atoms with Gasteiger partial charge in [-0.15, -0.1) is 0 Å². The smallest absolute Gasteiger partial charge is 0.167 e. The summed E-state index contributed by atoms with van der Waals surface area (Å²) in [6.07, 6.45) is 0.437. The van der Waals surface area contributed by atoms with Crippen molar-refractivity contribution in [1.82, 2.24) is 4.90 Å². The van der Waals surface area contributed by atoms with E-state index < -0.39 is 17.4 Å². The second-order valence-electron chi connectivity index (χ2n) is 6.12. The van der Waals surface area contributed by atoms with Gasteiger partial charge < -0.3 is 10.0 Å². The Morgan fingerprint density at radius 1 is 1.00 bits per heavy atom. The van der Waals surface area contributed by atoms with E-state index in [-0.39, 0.29) is 11.5 Å². The standard InChI is InChI=1S/C19H20F2N2O2/c20-15-13-19(25)16(21)12-17(15)23-10-8-22(9-11-23)7-6-18(24)14-4-2-1-3-5-14/h1-5,12-13,25H,6-11H2. The average Bonchev–Trinajstić information content (AvgIpc) is 2.64. The maximum atomic E-state index is 13.9. The van der Waals surface area contributed by atoms with Crippen molar-refractivity contribution >= 4 is 11.5 Å². The Labute approximate surface area is 145 Å². The number of halogens is 2. The van der Waals surface area contributed by atoms with Gasteiger partial charge in [0.2, 0.25) is 0 Å². The summed E-state index contributed by atoms with van der Waals surface area (Å²) in [6, 6.07) is 11.0. The number of ketones is 1. The molecule has 1 aliphatic heterocycles. The quantitative estimate of drug-likeness (QED) is 0.845. The van der Waals surface area contributed by atoms with Crippen LogP contribution >= 0.6 is 0 Å². The summed E-state index contributed by atoms with van der Waals surface area (Å²) in [5.41, 5.74) is 0.873. The number of Topliss-reactive ketones (excluding diaryl/α,β-unsaturated/α-hetero) is 1. The van der Waals surface area contributed by atoms with E-state index >= 15 is 0 Å². The second-order valence-corrected chi connectivity index (χ2v) is 6.12. The summed E-state index contributed by atoms with van der Waals surface area (Å²) in [7, 11) is 0. The fourth-order valence-electron chi connectivity index (χ4n) is 3.01. The summed E-state index contributed by atoms with van der Waals surface area (Å²) in [5, 5.41) is 9.21. The largest absolute Gasteiger partial charge is 0.505 e. The van der Waals surface area contributed by atoms with Crippen LogP contribution in [-0.2, 0) is 0 Å². The molecule has 6 heteroatoms. The molecule has 0 radical (unpaired) electrons. The Hall–Kier alpha value is -2.47. The van der Waals surface area contributed by atoms with Crippen LogP contribution in [-0.4, -0.2) is 48.5 Å². The Kier molecular flexibility index (Phi) is 5.28. The molecule has 132 valence electrons. The highest BCUT2D eigenvalue weighted by Gasteiger charge is 2.21. The van der Waals surface area contributed by atoms with E-state index in [1.54, 1.807) is 4.90 Å². The molecule has 2 aromatic carbocycles. The van der Waals surface area contributed by atoms with E-state index in [2.05, 4.69) is 4.90 Å². The molecule has 0 amide bonds. The van der Waals surface area contributed by atoms with Gasteiger partial charge in [-0.1, -0.05) is 30.3 Å². The van der Waals surface area contributed by atoms with Gasteiger partial charge in [0.1, 0.15) is 5.82 Å². The lowest BCUT2D eigenvalue weighted by Gasteiger charge is -2.36. The van der Waals surface area contributed by atoms with Crippen molar-refractivity contribution in [2.75, 3.05) is 37.6 Å². The molecule has 0 unspecified atom stereocenters. The number of piperazine rings is 1. The highest BCUT2D eigenvalue weighted by molar-refractivity contribution is 5.96. The van der Waals surface area contributed by atoms with Crippen LogP contribution in [0, 0.1) is 11.6 Å². The average molecular weight is 346 g/mol. The fraction of sp³-hybridized carbons (Fsp3) is 0.316. The van der Waals surface area contributed by atoms with Gasteiger partial charge in [0.25, 0.3) is 0 Å².